The molecule has 1 aliphatic rings. The van der Waals surface area contributed by atoms with Gasteiger partial charge in [-0.2, -0.15) is 0 Å². The topological polar surface area (TPSA) is 66.4 Å². The van der Waals surface area contributed by atoms with Crippen molar-refractivity contribution in [2.45, 2.75) is 18.9 Å². The first-order chi connectivity index (χ1) is 11.2. The average Bonchev–Trinajstić information content (AvgIpc) is 2.58. The minimum absolute atomic E-state index is 0.0310. The van der Waals surface area contributed by atoms with E-state index in [1.807, 2.05) is 30.3 Å². The van der Waals surface area contributed by atoms with E-state index in [0.717, 1.165) is 12.0 Å². The van der Waals surface area contributed by atoms with E-state index < -0.39 is 12.0 Å². The van der Waals surface area contributed by atoms with E-state index in [4.69, 9.17) is 0 Å². The number of fused-ring (bicyclic) bond motifs is 1. The zero-order valence-electron chi connectivity index (χ0n) is 12.5. The van der Waals surface area contributed by atoms with Gasteiger partial charge in [0.15, 0.2) is 5.78 Å². The van der Waals surface area contributed by atoms with Gasteiger partial charge < -0.3 is 10.4 Å². The first-order valence-corrected chi connectivity index (χ1v) is 7.52. The minimum Gasteiger partial charge on any atom is -0.479 e. The highest BCUT2D eigenvalue weighted by Crippen LogP contribution is 2.25. The molecule has 2 aromatic rings. The number of hydrogen-bond acceptors (Lipinski definition) is 3. The molecule has 0 aliphatic heterocycles. The molecule has 2 aromatic carbocycles. The lowest BCUT2D eigenvalue weighted by molar-refractivity contribution is -0.139. The number of aryl methyl sites for hydroxylation is 1. The van der Waals surface area contributed by atoms with E-state index in [0.29, 0.717) is 23.1 Å². The Hall–Kier alpha value is -2.88. The number of carboxylic acid groups (broad SMARTS) is 1. The van der Waals surface area contributed by atoms with Crippen molar-refractivity contribution in [1.29, 1.82) is 0 Å². The van der Waals surface area contributed by atoms with Crippen molar-refractivity contribution >= 4 is 11.8 Å². The summed E-state index contributed by atoms with van der Waals surface area (Å²) >= 11 is 0. The van der Waals surface area contributed by atoms with E-state index in [2.05, 4.69) is 5.32 Å². The molecule has 1 aliphatic carbocycles. The fraction of sp³-hybridized carbons (Fsp3) is 0.158. The molecule has 4 nitrogen and oxygen atoms in total. The molecule has 0 heterocycles. The van der Waals surface area contributed by atoms with Crippen LogP contribution in [-0.2, 0) is 11.2 Å². The third-order valence-electron chi connectivity index (χ3n) is 4.02. The van der Waals surface area contributed by atoms with Crippen molar-refractivity contribution < 1.29 is 14.7 Å². The molecular formula is C19H17NO3. The standard InChI is InChI=1S/C19H17NO3/c21-18-15(11-10-13-6-4-5-9-16(13)18)12-20-17(19(22)23)14-7-2-1-3-8-14/h1-9,12,17,20H,10-11H2,(H,22,23)/b15-12-/t17-/m0/s1. The fourth-order valence-electron chi connectivity index (χ4n) is 2.79. The van der Waals surface area contributed by atoms with Gasteiger partial charge in [0.25, 0.3) is 0 Å². The summed E-state index contributed by atoms with van der Waals surface area (Å²) in [6.45, 7) is 0. The van der Waals surface area contributed by atoms with Gasteiger partial charge in [0.1, 0.15) is 6.04 Å². The van der Waals surface area contributed by atoms with Crippen molar-refractivity contribution in [3.63, 3.8) is 0 Å². The molecule has 2 N–H and O–H groups in total. The maximum atomic E-state index is 12.5. The van der Waals surface area contributed by atoms with Gasteiger partial charge in [0.05, 0.1) is 0 Å². The number of aliphatic carboxylic acids is 1. The van der Waals surface area contributed by atoms with Crippen LogP contribution in [0.1, 0.15) is 33.9 Å². The predicted molar refractivity (Wildman–Crippen MR) is 87.1 cm³/mol. The Morgan fingerprint density at radius 1 is 1.04 bits per heavy atom. The fourth-order valence-corrected chi connectivity index (χ4v) is 2.79. The molecular weight excluding hydrogens is 290 g/mol. The molecule has 0 unspecified atom stereocenters. The minimum atomic E-state index is -0.975. The van der Waals surface area contributed by atoms with E-state index >= 15 is 0 Å². The van der Waals surface area contributed by atoms with E-state index in [9.17, 15) is 14.7 Å². The van der Waals surface area contributed by atoms with Gasteiger partial charge in [-0.25, -0.2) is 4.79 Å². The summed E-state index contributed by atoms with van der Waals surface area (Å²) in [6, 6.07) is 15.6. The lowest BCUT2D eigenvalue weighted by Gasteiger charge is -2.19. The molecule has 1 atom stereocenters. The van der Waals surface area contributed by atoms with Crippen molar-refractivity contribution in [3.05, 3.63) is 83.1 Å². The Bertz CT molecular complexity index is 765. The second-order valence-electron chi connectivity index (χ2n) is 5.50. The molecule has 0 fully saturated rings. The van der Waals surface area contributed by atoms with Crippen LogP contribution in [0.5, 0.6) is 0 Å². The highest BCUT2D eigenvalue weighted by atomic mass is 16.4. The monoisotopic (exact) mass is 307 g/mol. The van der Waals surface area contributed by atoms with Crippen LogP contribution in [0, 0.1) is 0 Å². The summed E-state index contributed by atoms with van der Waals surface area (Å²) in [4.78, 5) is 24.0. The number of carboxylic acids is 1. The molecule has 116 valence electrons. The maximum Gasteiger partial charge on any atom is 0.330 e. The molecule has 0 saturated heterocycles. The third kappa shape index (κ3) is 3.16. The number of carbonyl (C=O) groups excluding carboxylic acids is 1. The number of rotatable bonds is 4. The normalized spacial score (nSPS) is 16.7. The molecule has 23 heavy (non-hydrogen) atoms. The lowest BCUT2D eigenvalue weighted by atomic mass is 9.87. The molecule has 0 spiro atoms. The highest BCUT2D eigenvalue weighted by molar-refractivity contribution is 6.10. The Morgan fingerprint density at radius 2 is 1.74 bits per heavy atom. The van der Waals surface area contributed by atoms with E-state index in [1.54, 1.807) is 30.5 Å². The van der Waals surface area contributed by atoms with Crippen LogP contribution in [0.4, 0.5) is 0 Å². The molecule has 4 heteroatoms. The van der Waals surface area contributed by atoms with Crippen molar-refractivity contribution in [2.24, 2.45) is 0 Å². The Morgan fingerprint density at radius 3 is 2.48 bits per heavy atom. The quantitative estimate of drug-likeness (QED) is 0.852. The average molecular weight is 307 g/mol. The van der Waals surface area contributed by atoms with Gasteiger partial charge in [0, 0.05) is 17.3 Å². The van der Waals surface area contributed by atoms with E-state index in [1.165, 1.54) is 0 Å². The summed E-state index contributed by atoms with van der Waals surface area (Å²) in [5.74, 6) is -1.01. The summed E-state index contributed by atoms with van der Waals surface area (Å²) in [7, 11) is 0. The first kappa shape index (κ1) is 15.0. The van der Waals surface area contributed by atoms with Gasteiger partial charge >= 0.3 is 5.97 Å². The predicted octanol–water partition coefficient (Wildman–Crippen LogP) is 3.11. The number of Topliss-reactive ketones (excluding diaryl/α,β-unsaturated/α-hetero) is 1. The van der Waals surface area contributed by atoms with Crippen LogP contribution < -0.4 is 5.32 Å². The zero-order chi connectivity index (χ0) is 16.2. The first-order valence-electron chi connectivity index (χ1n) is 7.52. The largest absolute Gasteiger partial charge is 0.479 e. The van der Waals surface area contributed by atoms with Crippen LogP contribution >= 0.6 is 0 Å². The smallest absolute Gasteiger partial charge is 0.330 e. The van der Waals surface area contributed by atoms with Crippen LogP contribution in [0.25, 0.3) is 0 Å². The molecule has 0 bridgehead atoms. The van der Waals surface area contributed by atoms with Crippen molar-refractivity contribution in [2.75, 3.05) is 0 Å². The highest BCUT2D eigenvalue weighted by Gasteiger charge is 2.23. The number of hydrogen-bond donors (Lipinski definition) is 2. The Labute approximate surface area is 134 Å². The second kappa shape index (κ2) is 6.48. The van der Waals surface area contributed by atoms with Gasteiger partial charge in [-0.05, 0) is 24.0 Å². The molecule has 0 amide bonds. The summed E-state index contributed by atoms with van der Waals surface area (Å²) in [6.07, 6.45) is 2.96. The molecule has 3 rings (SSSR count). The van der Waals surface area contributed by atoms with Gasteiger partial charge in [-0.15, -0.1) is 0 Å². The number of benzene rings is 2. The maximum absolute atomic E-state index is 12.5. The number of allylic oxidation sites excluding steroid dienone is 1. The SMILES string of the molecule is O=C1/C(=C\N[C@H](C(=O)O)c2ccccc2)CCc2ccccc21. The molecule has 0 saturated carbocycles. The zero-order valence-corrected chi connectivity index (χ0v) is 12.5. The second-order valence-corrected chi connectivity index (χ2v) is 5.50. The third-order valence-corrected chi connectivity index (χ3v) is 4.02. The van der Waals surface area contributed by atoms with Crippen LogP contribution in [0.3, 0.4) is 0 Å². The van der Waals surface area contributed by atoms with E-state index in [-0.39, 0.29) is 5.78 Å². The van der Waals surface area contributed by atoms with Crippen LogP contribution in [0.2, 0.25) is 0 Å². The Balaban J connectivity index is 1.82. The van der Waals surface area contributed by atoms with Crippen molar-refractivity contribution in [1.82, 2.24) is 5.32 Å². The summed E-state index contributed by atoms with van der Waals surface area (Å²) in [5.41, 5.74) is 3.03. The van der Waals surface area contributed by atoms with Crippen molar-refractivity contribution in [3.8, 4) is 0 Å². The van der Waals surface area contributed by atoms with Gasteiger partial charge in [-0.1, -0.05) is 54.6 Å². The Kier molecular flexibility index (Phi) is 4.24. The lowest BCUT2D eigenvalue weighted by Crippen LogP contribution is -2.26. The number of ketones is 1. The van der Waals surface area contributed by atoms with Gasteiger partial charge in [0.2, 0.25) is 0 Å². The number of carbonyl (C=O) groups is 2. The summed E-state index contributed by atoms with van der Waals surface area (Å²) < 4.78 is 0. The van der Waals surface area contributed by atoms with Crippen LogP contribution in [0.15, 0.2) is 66.4 Å². The number of nitrogens with one attached hydrogen (secondary N) is 1. The molecule has 0 radical (unpaired) electrons. The van der Waals surface area contributed by atoms with Gasteiger partial charge in [-0.3, -0.25) is 4.79 Å². The summed E-state index contributed by atoms with van der Waals surface area (Å²) in [5, 5.41) is 12.3. The van der Waals surface area contributed by atoms with Crippen LogP contribution in [-0.4, -0.2) is 16.9 Å². The molecule has 0 aromatic heterocycles.